The zero-order valence-electron chi connectivity index (χ0n) is 6.35. The van der Waals surface area contributed by atoms with Crippen molar-refractivity contribution in [2.45, 2.75) is 28.7 Å². The van der Waals surface area contributed by atoms with Gasteiger partial charge in [-0.3, -0.25) is 14.5 Å². The molecule has 0 fully saturated rings. The quantitative estimate of drug-likeness (QED) is 0.670. The second kappa shape index (κ2) is 5.17. The highest BCUT2D eigenvalue weighted by molar-refractivity contribution is 9.12. The van der Waals surface area contributed by atoms with Crippen molar-refractivity contribution < 1.29 is 9.59 Å². The molecule has 0 unspecified atom stereocenters. The molecule has 0 saturated carbocycles. The summed E-state index contributed by atoms with van der Waals surface area (Å²) in [4.78, 5) is 23.5. The summed E-state index contributed by atoms with van der Waals surface area (Å²) >= 11 is 3.06. The highest BCUT2D eigenvalue weighted by Gasteiger charge is 2.32. The molecule has 0 radical (unpaired) electrons. The van der Waals surface area contributed by atoms with Gasteiger partial charge in [-0.2, -0.15) is 0 Å². The first-order valence-electron chi connectivity index (χ1n) is 3.32. The van der Waals surface area contributed by atoms with Crippen LogP contribution >= 0.6 is 15.9 Å². The smallest absolute Gasteiger partial charge is 0.268 e. The lowest BCUT2D eigenvalue weighted by Gasteiger charge is -2.09. The number of halogens is 1. The number of carbonyl (C=O) groups excluding carboxylic acids is 2. The van der Waals surface area contributed by atoms with Crippen molar-refractivity contribution in [3.05, 3.63) is 10.1 Å². The van der Waals surface area contributed by atoms with E-state index in [1.807, 2.05) is 0 Å². The van der Waals surface area contributed by atoms with Crippen LogP contribution in [0.3, 0.4) is 0 Å². The van der Waals surface area contributed by atoms with Gasteiger partial charge in [-0.05, 0) is 29.8 Å². The van der Waals surface area contributed by atoms with Crippen LogP contribution in [0.25, 0.3) is 0 Å². The van der Waals surface area contributed by atoms with Gasteiger partial charge in [0.05, 0.1) is 4.48 Å². The van der Waals surface area contributed by atoms with Crippen LogP contribution in [-0.2, 0) is 9.59 Å². The van der Waals surface area contributed by atoms with E-state index in [-0.39, 0.29) is 26.7 Å². The average Bonchev–Trinajstić information content (AvgIpc) is 2.17. The Morgan fingerprint density at radius 1 is 1.23 bits per heavy atom. The van der Waals surface area contributed by atoms with Gasteiger partial charge in [0.2, 0.25) is 0 Å². The third-order valence-corrected chi connectivity index (χ3v) is 2.58. The minimum Gasteiger partial charge on any atom is -0.274 e. The number of carbonyl (C=O) groups is 2. The minimum absolute atomic E-state index is 0. The molecule has 4 heteroatoms. The number of likely N-dealkylation sites (N-methyl/N-ethyl adjacent to an activating group) is 1. The van der Waals surface area contributed by atoms with E-state index >= 15 is 0 Å². The van der Waals surface area contributed by atoms with Gasteiger partial charge in [0.1, 0.15) is 0 Å². The molecule has 0 spiro atoms. The minimum atomic E-state index is -0.227. The Morgan fingerprint density at radius 2 is 1.69 bits per heavy atom. The Hall–Kier alpha value is -0.640. The molecule has 0 aromatic heterocycles. The summed E-state index contributed by atoms with van der Waals surface area (Å²) in [6, 6.07) is 0. The number of imide groups is 1. The van der Waals surface area contributed by atoms with Crippen molar-refractivity contribution >= 4 is 27.7 Å². The molecule has 1 aliphatic rings. The molecule has 1 aliphatic heterocycles. The summed E-state index contributed by atoms with van der Waals surface area (Å²) < 4.78 is 0.393. The molecule has 0 aliphatic carbocycles. The Balaban J connectivity index is 0. The van der Waals surface area contributed by atoms with E-state index in [4.69, 9.17) is 0 Å². The number of amides is 2. The first kappa shape index (κ1) is 14.9. The van der Waals surface area contributed by atoms with Gasteiger partial charge in [-0.25, -0.2) is 0 Å². The number of hydrogen-bond acceptors (Lipinski definition) is 2. The monoisotopic (exact) mass is 249 g/mol. The average molecular weight is 250 g/mol. The lowest BCUT2D eigenvalue weighted by atomic mass is 10.3. The fourth-order valence-corrected chi connectivity index (χ4v) is 1.34. The first-order chi connectivity index (χ1) is 5.09. The molecule has 2 amide bonds. The Kier molecular flexibility index (Phi) is 5.91. The standard InChI is InChI=1S/C7H8BrNO2.2CH4/c1-3-9-6(10)4(2)5(8)7(9)11;;/h3H2,1-2H3;2*1H4. The van der Waals surface area contributed by atoms with E-state index in [2.05, 4.69) is 15.9 Å². The van der Waals surface area contributed by atoms with Gasteiger partial charge < -0.3 is 0 Å². The van der Waals surface area contributed by atoms with Crippen molar-refractivity contribution in [3.8, 4) is 0 Å². The molecular weight excluding hydrogens is 234 g/mol. The molecule has 1 rings (SSSR count). The van der Waals surface area contributed by atoms with Gasteiger partial charge in [0, 0.05) is 12.1 Å². The van der Waals surface area contributed by atoms with Crippen LogP contribution in [0.15, 0.2) is 10.1 Å². The fourth-order valence-electron chi connectivity index (χ4n) is 0.955. The lowest BCUT2D eigenvalue weighted by molar-refractivity contribution is -0.136. The molecule has 13 heavy (non-hydrogen) atoms. The topological polar surface area (TPSA) is 37.4 Å². The van der Waals surface area contributed by atoms with Crippen LogP contribution in [-0.4, -0.2) is 23.3 Å². The Bertz CT molecular complexity index is 234. The van der Waals surface area contributed by atoms with Gasteiger partial charge in [0.15, 0.2) is 0 Å². The van der Waals surface area contributed by atoms with Crippen molar-refractivity contribution in [1.82, 2.24) is 4.90 Å². The summed E-state index contributed by atoms with van der Waals surface area (Å²) in [6.07, 6.45) is 0. The number of nitrogens with zero attached hydrogens (tertiary/aromatic N) is 1. The Morgan fingerprint density at radius 3 is 1.85 bits per heavy atom. The fraction of sp³-hybridized carbons (Fsp3) is 0.556. The van der Waals surface area contributed by atoms with Crippen molar-refractivity contribution in [1.29, 1.82) is 0 Å². The molecule has 1 heterocycles. The molecule has 0 atom stereocenters. The van der Waals surface area contributed by atoms with Crippen LogP contribution in [0.2, 0.25) is 0 Å². The molecular formula is C9H16BrNO2. The molecule has 76 valence electrons. The summed E-state index contributed by atoms with van der Waals surface area (Å²) in [7, 11) is 0. The van der Waals surface area contributed by atoms with Crippen LogP contribution in [0.1, 0.15) is 28.7 Å². The first-order valence-corrected chi connectivity index (χ1v) is 4.11. The van der Waals surface area contributed by atoms with Crippen molar-refractivity contribution in [2.24, 2.45) is 0 Å². The maximum atomic E-state index is 11.2. The summed E-state index contributed by atoms with van der Waals surface area (Å²) in [5.74, 6) is -0.417. The van der Waals surface area contributed by atoms with Crippen LogP contribution in [0, 0.1) is 0 Å². The third-order valence-electron chi connectivity index (χ3n) is 1.64. The van der Waals surface area contributed by atoms with Crippen LogP contribution < -0.4 is 0 Å². The molecule has 0 N–H and O–H groups in total. The van der Waals surface area contributed by atoms with Gasteiger partial charge in [-0.1, -0.05) is 14.9 Å². The van der Waals surface area contributed by atoms with E-state index in [9.17, 15) is 9.59 Å². The van der Waals surface area contributed by atoms with Crippen molar-refractivity contribution in [2.75, 3.05) is 6.54 Å². The Labute approximate surface area is 87.9 Å². The molecule has 0 aromatic rings. The normalized spacial score (nSPS) is 15.8. The van der Waals surface area contributed by atoms with E-state index in [1.54, 1.807) is 13.8 Å². The van der Waals surface area contributed by atoms with Gasteiger partial charge in [0.25, 0.3) is 11.8 Å². The van der Waals surface area contributed by atoms with Crippen LogP contribution in [0.4, 0.5) is 0 Å². The second-order valence-electron chi connectivity index (χ2n) is 2.29. The predicted molar refractivity (Wildman–Crippen MR) is 57.5 cm³/mol. The van der Waals surface area contributed by atoms with Gasteiger partial charge in [-0.15, -0.1) is 0 Å². The number of rotatable bonds is 1. The van der Waals surface area contributed by atoms with E-state index in [1.165, 1.54) is 4.90 Å². The molecule has 0 aromatic carbocycles. The molecule has 0 bridgehead atoms. The maximum Gasteiger partial charge on any atom is 0.268 e. The summed E-state index contributed by atoms with van der Waals surface area (Å²) in [6.45, 7) is 3.85. The van der Waals surface area contributed by atoms with E-state index in [0.717, 1.165) is 0 Å². The van der Waals surface area contributed by atoms with Crippen LogP contribution in [0.5, 0.6) is 0 Å². The molecule has 0 saturated heterocycles. The zero-order valence-corrected chi connectivity index (χ0v) is 7.93. The highest BCUT2D eigenvalue weighted by Crippen LogP contribution is 2.24. The summed E-state index contributed by atoms with van der Waals surface area (Å²) in [5.41, 5.74) is 0.497. The lowest BCUT2D eigenvalue weighted by Crippen LogP contribution is -2.30. The molecule has 3 nitrogen and oxygen atoms in total. The maximum absolute atomic E-state index is 11.2. The highest BCUT2D eigenvalue weighted by atomic mass is 79.9. The third kappa shape index (κ3) is 2.18. The predicted octanol–water partition coefficient (Wildman–Crippen LogP) is 2.32. The SMILES string of the molecule is C.C.CCN1C(=O)C(C)=C(Br)C1=O. The van der Waals surface area contributed by atoms with Gasteiger partial charge >= 0.3 is 0 Å². The largest absolute Gasteiger partial charge is 0.274 e. The number of hydrogen-bond donors (Lipinski definition) is 0. The zero-order chi connectivity index (χ0) is 8.59. The van der Waals surface area contributed by atoms with E-state index in [0.29, 0.717) is 16.6 Å². The van der Waals surface area contributed by atoms with Crippen molar-refractivity contribution in [3.63, 3.8) is 0 Å². The summed E-state index contributed by atoms with van der Waals surface area (Å²) in [5, 5.41) is 0. The second-order valence-corrected chi connectivity index (χ2v) is 3.09. The van der Waals surface area contributed by atoms with E-state index < -0.39 is 0 Å².